The molecule has 110 valence electrons. The van der Waals surface area contributed by atoms with Gasteiger partial charge in [-0.3, -0.25) is 0 Å². The van der Waals surface area contributed by atoms with Crippen LogP contribution in [0.25, 0.3) is 0 Å². The van der Waals surface area contributed by atoms with Gasteiger partial charge in [0.15, 0.2) is 0 Å². The first-order valence-corrected chi connectivity index (χ1v) is 7.11. The minimum atomic E-state index is -0.412. The van der Waals surface area contributed by atoms with E-state index in [0.29, 0.717) is 25.1 Å². The molecular weight excluding hydrogens is 228 g/mol. The second-order valence-corrected chi connectivity index (χ2v) is 5.60. The van der Waals surface area contributed by atoms with Gasteiger partial charge in [-0.25, -0.2) is 0 Å². The van der Waals surface area contributed by atoms with E-state index < -0.39 is 6.10 Å². The van der Waals surface area contributed by atoms with Gasteiger partial charge in [0.1, 0.15) is 0 Å². The van der Waals surface area contributed by atoms with Crippen LogP contribution in [0.15, 0.2) is 0 Å². The van der Waals surface area contributed by atoms with Crippen molar-refractivity contribution >= 4 is 0 Å². The molecule has 2 atom stereocenters. The van der Waals surface area contributed by atoms with Crippen LogP contribution in [-0.2, 0) is 4.74 Å². The van der Waals surface area contributed by atoms with E-state index in [2.05, 4.69) is 45.1 Å². The third-order valence-corrected chi connectivity index (χ3v) is 2.93. The SMILES string of the molecule is CCCCOCC(O)CNC(CN(C)C)C(C)C. The number of hydrogen-bond acceptors (Lipinski definition) is 4. The number of rotatable bonds is 11. The van der Waals surface area contributed by atoms with Gasteiger partial charge in [-0.15, -0.1) is 0 Å². The number of ether oxygens (including phenoxy) is 1. The molecule has 4 nitrogen and oxygen atoms in total. The Kier molecular flexibility index (Phi) is 10.6. The molecule has 0 saturated carbocycles. The molecule has 18 heavy (non-hydrogen) atoms. The van der Waals surface area contributed by atoms with Gasteiger partial charge in [0.2, 0.25) is 0 Å². The van der Waals surface area contributed by atoms with Gasteiger partial charge in [-0.1, -0.05) is 27.2 Å². The number of nitrogens with zero attached hydrogens (tertiary/aromatic N) is 1. The summed E-state index contributed by atoms with van der Waals surface area (Å²) in [6, 6.07) is 0.408. The summed E-state index contributed by atoms with van der Waals surface area (Å²) in [7, 11) is 4.14. The van der Waals surface area contributed by atoms with Gasteiger partial charge < -0.3 is 20.1 Å². The predicted octanol–water partition coefficient (Wildman–Crippen LogP) is 1.34. The van der Waals surface area contributed by atoms with Gasteiger partial charge in [0.25, 0.3) is 0 Å². The van der Waals surface area contributed by atoms with Crippen molar-refractivity contribution in [2.45, 2.75) is 45.8 Å². The highest BCUT2D eigenvalue weighted by atomic mass is 16.5. The molecule has 2 unspecified atom stereocenters. The van der Waals surface area contributed by atoms with Gasteiger partial charge in [-0.05, 0) is 26.4 Å². The molecule has 4 heteroatoms. The molecule has 0 aromatic rings. The second-order valence-electron chi connectivity index (χ2n) is 5.60. The van der Waals surface area contributed by atoms with Gasteiger partial charge in [0, 0.05) is 25.7 Å². The predicted molar refractivity (Wildman–Crippen MR) is 76.9 cm³/mol. The maximum absolute atomic E-state index is 9.81. The zero-order valence-corrected chi connectivity index (χ0v) is 12.8. The molecular formula is C14H32N2O2. The number of nitrogens with one attached hydrogen (secondary N) is 1. The van der Waals surface area contributed by atoms with Crippen molar-refractivity contribution in [2.75, 3.05) is 40.4 Å². The highest BCUT2D eigenvalue weighted by molar-refractivity contribution is 4.74. The maximum atomic E-state index is 9.81. The van der Waals surface area contributed by atoms with Crippen LogP contribution >= 0.6 is 0 Å². The Morgan fingerprint density at radius 3 is 2.44 bits per heavy atom. The molecule has 0 saturated heterocycles. The summed E-state index contributed by atoms with van der Waals surface area (Å²) in [6.45, 7) is 9.30. The van der Waals surface area contributed by atoms with E-state index in [4.69, 9.17) is 4.74 Å². The van der Waals surface area contributed by atoms with Crippen LogP contribution < -0.4 is 5.32 Å². The number of aliphatic hydroxyl groups is 1. The number of hydrogen-bond donors (Lipinski definition) is 2. The quantitative estimate of drug-likeness (QED) is 0.550. The van der Waals surface area contributed by atoms with Crippen LogP contribution in [0.4, 0.5) is 0 Å². The summed E-state index contributed by atoms with van der Waals surface area (Å²) < 4.78 is 5.41. The van der Waals surface area contributed by atoms with Crippen LogP contribution in [-0.4, -0.2) is 62.6 Å². The lowest BCUT2D eigenvalue weighted by molar-refractivity contribution is 0.0332. The van der Waals surface area contributed by atoms with Crippen LogP contribution in [0.1, 0.15) is 33.6 Å². The van der Waals surface area contributed by atoms with Crippen molar-refractivity contribution in [3.63, 3.8) is 0 Å². The fourth-order valence-electron chi connectivity index (χ4n) is 1.72. The molecule has 0 aliphatic rings. The van der Waals surface area contributed by atoms with Crippen molar-refractivity contribution in [3.8, 4) is 0 Å². The third kappa shape index (κ3) is 9.83. The minimum absolute atomic E-state index is 0.408. The molecule has 0 heterocycles. The summed E-state index contributed by atoms with van der Waals surface area (Å²) in [5, 5.41) is 13.2. The van der Waals surface area contributed by atoms with Crippen molar-refractivity contribution in [1.29, 1.82) is 0 Å². The third-order valence-electron chi connectivity index (χ3n) is 2.93. The van der Waals surface area contributed by atoms with Crippen LogP contribution in [0, 0.1) is 5.92 Å². The Balaban J connectivity index is 3.74. The molecule has 0 spiro atoms. The molecule has 0 aromatic heterocycles. The lowest BCUT2D eigenvalue weighted by Gasteiger charge is -2.26. The normalized spacial score (nSPS) is 15.3. The van der Waals surface area contributed by atoms with E-state index >= 15 is 0 Å². The maximum Gasteiger partial charge on any atom is 0.0897 e. The molecule has 0 radical (unpaired) electrons. The topological polar surface area (TPSA) is 44.7 Å². The van der Waals surface area contributed by atoms with E-state index in [0.717, 1.165) is 26.0 Å². The summed E-state index contributed by atoms with van der Waals surface area (Å²) in [5.41, 5.74) is 0. The fraction of sp³-hybridized carbons (Fsp3) is 1.00. The number of unbranched alkanes of at least 4 members (excludes halogenated alkanes) is 1. The van der Waals surface area contributed by atoms with Gasteiger partial charge >= 0.3 is 0 Å². The first-order valence-electron chi connectivity index (χ1n) is 7.11. The molecule has 0 bridgehead atoms. The minimum Gasteiger partial charge on any atom is -0.389 e. The second kappa shape index (κ2) is 10.7. The molecule has 0 aliphatic carbocycles. The van der Waals surface area contributed by atoms with Crippen molar-refractivity contribution in [2.24, 2.45) is 5.92 Å². The zero-order chi connectivity index (χ0) is 14.0. The van der Waals surface area contributed by atoms with Crippen molar-refractivity contribution in [3.05, 3.63) is 0 Å². The summed E-state index contributed by atoms with van der Waals surface area (Å²) in [4.78, 5) is 2.17. The average Bonchev–Trinajstić information content (AvgIpc) is 2.29. The van der Waals surface area contributed by atoms with Crippen LogP contribution in [0.3, 0.4) is 0 Å². The Bertz CT molecular complexity index is 187. The highest BCUT2D eigenvalue weighted by Gasteiger charge is 2.15. The smallest absolute Gasteiger partial charge is 0.0897 e. The Morgan fingerprint density at radius 2 is 1.94 bits per heavy atom. The van der Waals surface area contributed by atoms with Crippen molar-refractivity contribution < 1.29 is 9.84 Å². The molecule has 0 rings (SSSR count). The van der Waals surface area contributed by atoms with E-state index in [1.54, 1.807) is 0 Å². The van der Waals surface area contributed by atoms with E-state index in [-0.39, 0.29) is 0 Å². The largest absolute Gasteiger partial charge is 0.389 e. The molecule has 2 N–H and O–H groups in total. The monoisotopic (exact) mass is 260 g/mol. The number of aliphatic hydroxyl groups excluding tert-OH is 1. The molecule has 0 aliphatic heterocycles. The highest BCUT2D eigenvalue weighted by Crippen LogP contribution is 2.02. The van der Waals surface area contributed by atoms with Crippen LogP contribution in [0.2, 0.25) is 0 Å². The van der Waals surface area contributed by atoms with Gasteiger partial charge in [-0.2, -0.15) is 0 Å². The molecule has 0 fully saturated rings. The summed E-state index contributed by atoms with van der Waals surface area (Å²) >= 11 is 0. The Morgan fingerprint density at radius 1 is 1.28 bits per heavy atom. The summed E-state index contributed by atoms with van der Waals surface area (Å²) in [6.07, 6.45) is 1.78. The average molecular weight is 260 g/mol. The van der Waals surface area contributed by atoms with Crippen LogP contribution in [0.5, 0.6) is 0 Å². The molecule has 0 aromatic carbocycles. The standard InChI is InChI=1S/C14H32N2O2/c1-6-7-8-18-11-13(17)9-15-14(12(2)3)10-16(4)5/h12-15,17H,6-11H2,1-5H3. The summed E-state index contributed by atoms with van der Waals surface area (Å²) in [5.74, 6) is 0.556. The van der Waals surface area contributed by atoms with E-state index in [9.17, 15) is 5.11 Å². The zero-order valence-electron chi connectivity index (χ0n) is 12.8. The fourth-order valence-corrected chi connectivity index (χ4v) is 1.72. The van der Waals surface area contributed by atoms with E-state index in [1.807, 2.05) is 0 Å². The van der Waals surface area contributed by atoms with Gasteiger partial charge in [0.05, 0.1) is 12.7 Å². The first-order chi connectivity index (χ1) is 8.47. The molecule has 0 amide bonds. The first kappa shape index (κ1) is 17.8. The van der Waals surface area contributed by atoms with Crippen molar-refractivity contribution in [1.82, 2.24) is 10.2 Å². The lowest BCUT2D eigenvalue weighted by atomic mass is 10.0. The Hall–Kier alpha value is -0.160. The number of likely N-dealkylation sites (N-methyl/N-ethyl adjacent to an activating group) is 1. The lowest BCUT2D eigenvalue weighted by Crippen LogP contribution is -2.45. The van der Waals surface area contributed by atoms with E-state index in [1.165, 1.54) is 0 Å². The Labute approximate surface area is 113 Å².